The van der Waals surface area contributed by atoms with Crippen molar-refractivity contribution in [2.45, 2.75) is 6.54 Å². The van der Waals surface area contributed by atoms with E-state index in [9.17, 15) is 14.5 Å². The van der Waals surface area contributed by atoms with Crippen LogP contribution in [0.3, 0.4) is 0 Å². The van der Waals surface area contributed by atoms with Crippen LogP contribution in [0.25, 0.3) is 0 Å². The molecular formula is C16H17FN4O2. The number of rotatable bonds is 4. The Hall–Kier alpha value is -2.54. The molecule has 7 heteroatoms. The molecule has 0 bridgehead atoms. The molecule has 23 heavy (non-hydrogen) atoms. The summed E-state index contributed by atoms with van der Waals surface area (Å²) in [5.41, 5.74) is 0.913. The van der Waals surface area contributed by atoms with Gasteiger partial charge in [0.05, 0.1) is 10.6 Å². The topological polar surface area (TPSA) is 62.5 Å². The molecule has 1 fully saturated rings. The maximum absolute atomic E-state index is 13.7. The first-order valence-electron chi connectivity index (χ1n) is 7.45. The van der Waals surface area contributed by atoms with Gasteiger partial charge < -0.3 is 4.90 Å². The predicted molar refractivity (Wildman–Crippen MR) is 84.8 cm³/mol. The van der Waals surface area contributed by atoms with E-state index in [4.69, 9.17) is 0 Å². The van der Waals surface area contributed by atoms with Crippen molar-refractivity contribution in [1.29, 1.82) is 0 Å². The zero-order chi connectivity index (χ0) is 16.2. The predicted octanol–water partition coefficient (Wildman–Crippen LogP) is 2.45. The summed E-state index contributed by atoms with van der Waals surface area (Å²) in [7, 11) is 0. The van der Waals surface area contributed by atoms with Gasteiger partial charge >= 0.3 is 5.69 Å². The zero-order valence-corrected chi connectivity index (χ0v) is 12.6. The third kappa shape index (κ3) is 3.45. The molecule has 1 aromatic carbocycles. The van der Waals surface area contributed by atoms with Gasteiger partial charge in [-0.1, -0.05) is 12.1 Å². The van der Waals surface area contributed by atoms with Crippen molar-refractivity contribution < 1.29 is 9.31 Å². The van der Waals surface area contributed by atoms with Gasteiger partial charge in [0, 0.05) is 38.9 Å². The Morgan fingerprint density at radius 3 is 2.57 bits per heavy atom. The van der Waals surface area contributed by atoms with Gasteiger partial charge in [-0.05, 0) is 24.3 Å². The Balaban J connectivity index is 1.68. The fourth-order valence-electron chi connectivity index (χ4n) is 2.81. The summed E-state index contributed by atoms with van der Waals surface area (Å²) in [6.45, 7) is 3.50. The summed E-state index contributed by atoms with van der Waals surface area (Å²) in [5, 5.41) is 11.1. The van der Waals surface area contributed by atoms with Gasteiger partial charge in [0.2, 0.25) is 5.82 Å². The highest BCUT2D eigenvalue weighted by molar-refractivity contribution is 5.64. The molecule has 0 saturated carbocycles. The summed E-state index contributed by atoms with van der Waals surface area (Å²) in [6.07, 6.45) is 1.77. The minimum absolute atomic E-state index is 0.354. The fourth-order valence-corrected chi connectivity index (χ4v) is 2.81. The van der Waals surface area contributed by atoms with Gasteiger partial charge in [-0.25, -0.2) is 0 Å². The second-order valence-electron chi connectivity index (χ2n) is 5.45. The molecule has 0 radical (unpaired) electrons. The van der Waals surface area contributed by atoms with E-state index >= 15 is 0 Å². The van der Waals surface area contributed by atoms with Crippen LogP contribution in [0.4, 0.5) is 15.8 Å². The highest BCUT2D eigenvalue weighted by Crippen LogP contribution is 2.31. The van der Waals surface area contributed by atoms with Crippen LogP contribution in [0, 0.1) is 15.9 Å². The maximum atomic E-state index is 13.7. The first-order valence-corrected chi connectivity index (χ1v) is 7.45. The van der Waals surface area contributed by atoms with Gasteiger partial charge in [0.15, 0.2) is 0 Å². The van der Waals surface area contributed by atoms with E-state index in [1.54, 1.807) is 12.3 Å². The normalized spacial score (nSPS) is 15.6. The molecular weight excluding hydrogens is 299 g/mol. The van der Waals surface area contributed by atoms with E-state index in [0.717, 1.165) is 31.4 Å². The van der Waals surface area contributed by atoms with Crippen LogP contribution >= 0.6 is 0 Å². The quantitative estimate of drug-likeness (QED) is 0.640. The SMILES string of the molecule is O=[N+]([O-])c1c(F)cccc1N1CCN(Cc2ccccn2)CC1. The number of anilines is 1. The van der Waals surface area contributed by atoms with Crippen LogP contribution in [0.1, 0.15) is 5.69 Å². The van der Waals surface area contributed by atoms with Crippen molar-refractivity contribution in [2.24, 2.45) is 0 Å². The summed E-state index contributed by atoms with van der Waals surface area (Å²) < 4.78 is 13.7. The molecule has 2 aromatic rings. The lowest BCUT2D eigenvalue weighted by molar-refractivity contribution is -0.386. The molecule has 0 amide bonds. The van der Waals surface area contributed by atoms with Gasteiger partial charge in [-0.3, -0.25) is 20.0 Å². The Morgan fingerprint density at radius 1 is 1.13 bits per heavy atom. The van der Waals surface area contributed by atoms with E-state index in [-0.39, 0.29) is 0 Å². The van der Waals surface area contributed by atoms with Crippen molar-refractivity contribution in [3.8, 4) is 0 Å². The van der Waals surface area contributed by atoms with Crippen LogP contribution in [-0.2, 0) is 6.54 Å². The summed E-state index contributed by atoms with van der Waals surface area (Å²) in [6, 6.07) is 10.1. The van der Waals surface area contributed by atoms with Crippen LogP contribution < -0.4 is 4.90 Å². The van der Waals surface area contributed by atoms with Crippen LogP contribution in [0.15, 0.2) is 42.6 Å². The Labute approximate surface area is 133 Å². The number of halogens is 1. The van der Waals surface area contributed by atoms with Gasteiger partial charge in [-0.2, -0.15) is 4.39 Å². The number of hydrogen-bond acceptors (Lipinski definition) is 5. The second kappa shape index (κ2) is 6.70. The second-order valence-corrected chi connectivity index (χ2v) is 5.45. The molecule has 1 aliphatic rings. The largest absolute Gasteiger partial charge is 0.363 e. The van der Waals surface area contributed by atoms with Crippen LogP contribution in [-0.4, -0.2) is 41.0 Å². The summed E-state index contributed by atoms with van der Waals surface area (Å²) in [4.78, 5) is 18.9. The number of benzene rings is 1. The molecule has 0 N–H and O–H groups in total. The van der Waals surface area contributed by atoms with E-state index in [1.807, 2.05) is 23.1 Å². The number of piperazine rings is 1. The summed E-state index contributed by atoms with van der Waals surface area (Å²) >= 11 is 0. The van der Waals surface area contributed by atoms with Crippen molar-refractivity contribution in [3.05, 3.63) is 64.2 Å². The first-order chi connectivity index (χ1) is 11.1. The van der Waals surface area contributed by atoms with E-state index in [2.05, 4.69) is 9.88 Å². The molecule has 1 aliphatic heterocycles. The molecule has 1 saturated heterocycles. The monoisotopic (exact) mass is 316 g/mol. The molecule has 6 nitrogen and oxygen atoms in total. The molecule has 1 aromatic heterocycles. The van der Waals surface area contributed by atoms with Gasteiger partial charge in [-0.15, -0.1) is 0 Å². The lowest BCUT2D eigenvalue weighted by Crippen LogP contribution is -2.46. The zero-order valence-electron chi connectivity index (χ0n) is 12.6. The molecule has 120 valence electrons. The number of hydrogen-bond donors (Lipinski definition) is 0. The number of pyridine rings is 1. The number of aromatic nitrogens is 1. The van der Waals surface area contributed by atoms with E-state index < -0.39 is 16.4 Å². The van der Waals surface area contributed by atoms with Crippen molar-refractivity contribution >= 4 is 11.4 Å². The molecule has 0 unspecified atom stereocenters. The Kier molecular flexibility index (Phi) is 4.47. The minimum Gasteiger partial charge on any atom is -0.363 e. The summed E-state index contributed by atoms with van der Waals surface area (Å²) in [5.74, 6) is -0.789. The van der Waals surface area contributed by atoms with Crippen LogP contribution in [0.2, 0.25) is 0 Å². The van der Waals surface area contributed by atoms with E-state index in [0.29, 0.717) is 18.8 Å². The number of para-hydroxylation sites is 1. The number of nitro benzene ring substituents is 1. The van der Waals surface area contributed by atoms with E-state index in [1.165, 1.54) is 6.07 Å². The van der Waals surface area contributed by atoms with Crippen molar-refractivity contribution in [1.82, 2.24) is 9.88 Å². The highest BCUT2D eigenvalue weighted by atomic mass is 19.1. The van der Waals surface area contributed by atoms with Gasteiger partial charge in [0.1, 0.15) is 5.69 Å². The van der Waals surface area contributed by atoms with Gasteiger partial charge in [0.25, 0.3) is 0 Å². The third-order valence-electron chi connectivity index (χ3n) is 3.97. The average molecular weight is 316 g/mol. The molecule has 0 atom stereocenters. The first kappa shape index (κ1) is 15.4. The molecule has 3 rings (SSSR count). The Bertz CT molecular complexity index is 688. The lowest BCUT2D eigenvalue weighted by Gasteiger charge is -2.35. The smallest absolute Gasteiger partial charge is 0.327 e. The molecule has 0 aliphatic carbocycles. The maximum Gasteiger partial charge on any atom is 0.327 e. The van der Waals surface area contributed by atoms with Crippen LogP contribution in [0.5, 0.6) is 0 Å². The number of nitro groups is 1. The van der Waals surface area contributed by atoms with Crippen molar-refractivity contribution in [3.63, 3.8) is 0 Å². The Morgan fingerprint density at radius 2 is 1.91 bits per heavy atom. The average Bonchev–Trinajstić information content (AvgIpc) is 2.56. The lowest BCUT2D eigenvalue weighted by atomic mass is 10.2. The standard InChI is InChI=1S/C16H17FN4O2/c17-14-5-3-6-15(16(14)21(22)23)20-10-8-19(9-11-20)12-13-4-1-2-7-18-13/h1-7H,8-12H2. The van der Waals surface area contributed by atoms with Crippen molar-refractivity contribution in [2.75, 3.05) is 31.1 Å². The number of nitrogens with zero attached hydrogens (tertiary/aromatic N) is 4. The fraction of sp³-hybridized carbons (Fsp3) is 0.312. The molecule has 2 heterocycles. The minimum atomic E-state index is -0.789. The highest BCUT2D eigenvalue weighted by Gasteiger charge is 2.26. The third-order valence-corrected chi connectivity index (χ3v) is 3.97. The molecule has 0 spiro atoms.